The summed E-state index contributed by atoms with van der Waals surface area (Å²) in [4.78, 5) is 10.9. The molecular formula is C14H21NO2. The van der Waals surface area contributed by atoms with Crippen LogP contribution in [0.15, 0.2) is 24.3 Å². The SMILES string of the molecule is CCC1(C(N)CC2CC2)C=CC(C(=O)O)C=C1. The van der Waals surface area contributed by atoms with Crippen LogP contribution in [0.4, 0.5) is 0 Å². The molecule has 0 aromatic carbocycles. The molecule has 0 aromatic rings. The standard InChI is InChI=1S/C14H21NO2/c1-2-14(12(15)9-10-3-4-10)7-5-11(6-8-14)13(16)17/h5-8,10-12H,2-4,9,15H2,1H3,(H,16,17). The van der Waals surface area contributed by atoms with Gasteiger partial charge in [0.15, 0.2) is 0 Å². The Morgan fingerprint density at radius 2 is 2.06 bits per heavy atom. The van der Waals surface area contributed by atoms with Crippen LogP contribution in [0, 0.1) is 17.3 Å². The molecule has 0 heterocycles. The zero-order chi connectivity index (χ0) is 12.5. The number of nitrogens with two attached hydrogens (primary N) is 1. The number of hydrogen-bond acceptors (Lipinski definition) is 2. The van der Waals surface area contributed by atoms with E-state index in [9.17, 15) is 4.79 Å². The van der Waals surface area contributed by atoms with E-state index in [-0.39, 0.29) is 11.5 Å². The van der Waals surface area contributed by atoms with Gasteiger partial charge in [0, 0.05) is 11.5 Å². The normalized spacial score (nSPS) is 33.6. The van der Waals surface area contributed by atoms with Gasteiger partial charge in [-0.15, -0.1) is 0 Å². The molecule has 0 spiro atoms. The van der Waals surface area contributed by atoms with Crippen LogP contribution in [-0.2, 0) is 4.79 Å². The van der Waals surface area contributed by atoms with Crippen LogP contribution in [0.25, 0.3) is 0 Å². The van der Waals surface area contributed by atoms with Gasteiger partial charge in [-0.2, -0.15) is 0 Å². The molecule has 0 amide bonds. The van der Waals surface area contributed by atoms with Crippen molar-refractivity contribution in [2.24, 2.45) is 23.0 Å². The first-order chi connectivity index (χ1) is 8.07. The van der Waals surface area contributed by atoms with Crippen molar-refractivity contribution in [2.45, 2.75) is 38.6 Å². The molecule has 3 nitrogen and oxygen atoms in total. The van der Waals surface area contributed by atoms with Crippen molar-refractivity contribution in [2.75, 3.05) is 0 Å². The number of carboxylic acids is 1. The Kier molecular flexibility index (Phi) is 3.38. The Morgan fingerprint density at radius 3 is 2.47 bits per heavy atom. The Balaban J connectivity index is 2.07. The minimum Gasteiger partial charge on any atom is -0.481 e. The molecule has 3 heteroatoms. The topological polar surface area (TPSA) is 63.3 Å². The van der Waals surface area contributed by atoms with Gasteiger partial charge < -0.3 is 10.8 Å². The molecule has 1 fully saturated rings. The third-order valence-electron chi connectivity index (χ3n) is 4.10. The van der Waals surface area contributed by atoms with E-state index in [2.05, 4.69) is 6.92 Å². The summed E-state index contributed by atoms with van der Waals surface area (Å²) in [5.74, 6) is -0.479. The second kappa shape index (κ2) is 4.65. The molecule has 1 saturated carbocycles. The van der Waals surface area contributed by atoms with Crippen molar-refractivity contribution in [1.29, 1.82) is 0 Å². The fraction of sp³-hybridized carbons (Fsp3) is 0.643. The molecular weight excluding hydrogens is 214 g/mol. The lowest BCUT2D eigenvalue weighted by Gasteiger charge is -2.35. The van der Waals surface area contributed by atoms with E-state index in [1.807, 2.05) is 12.2 Å². The van der Waals surface area contributed by atoms with E-state index < -0.39 is 11.9 Å². The summed E-state index contributed by atoms with van der Waals surface area (Å²) in [7, 11) is 0. The maximum atomic E-state index is 10.9. The van der Waals surface area contributed by atoms with Crippen molar-refractivity contribution in [3.63, 3.8) is 0 Å². The van der Waals surface area contributed by atoms with Crippen LogP contribution in [0.3, 0.4) is 0 Å². The molecule has 0 saturated heterocycles. The van der Waals surface area contributed by atoms with Gasteiger partial charge in [0.2, 0.25) is 0 Å². The van der Waals surface area contributed by atoms with E-state index in [1.54, 1.807) is 12.2 Å². The van der Waals surface area contributed by atoms with Crippen molar-refractivity contribution in [1.82, 2.24) is 0 Å². The van der Waals surface area contributed by atoms with Gasteiger partial charge in [-0.3, -0.25) is 4.79 Å². The second-order valence-corrected chi connectivity index (χ2v) is 5.33. The largest absolute Gasteiger partial charge is 0.481 e. The Morgan fingerprint density at radius 1 is 1.47 bits per heavy atom. The van der Waals surface area contributed by atoms with Crippen molar-refractivity contribution >= 4 is 5.97 Å². The summed E-state index contributed by atoms with van der Waals surface area (Å²) < 4.78 is 0. The molecule has 2 aliphatic carbocycles. The van der Waals surface area contributed by atoms with Crippen LogP contribution >= 0.6 is 0 Å². The average Bonchev–Trinajstić information content (AvgIpc) is 3.12. The molecule has 94 valence electrons. The molecule has 0 radical (unpaired) electrons. The van der Waals surface area contributed by atoms with Crippen LogP contribution < -0.4 is 5.73 Å². The van der Waals surface area contributed by atoms with Gasteiger partial charge >= 0.3 is 5.97 Å². The van der Waals surface area contributed by atoms with E-state index >= 15 is 0 Å². The van der Waals surface area contributed by atoms with E-state index in [0.29, 0.717) is 0 Å². The zero-order valence-corrected chi connectivity index (χ0v) is 10.3. The minimum atomic E-state index is -0.794. The summed E-state index contributed by atoms with van der Waals surface area (Å²) in [5, 5.41) is 8.94. The molecule has 0 aliphatic heterocycles. The highest BCUT2D eigenvalue weighted by molar-refractivity contribution is 5.75. The van der Waals surface area contributed by atoms with Crippen LogP contribution in [0.2, 0.25) is 0 Å². The maximum Gasteiger partial charge on any atom is 0.314 e. The number of aliphatic carboxylic acids is 1. The van der Waals surface area contributed by atoms with Crippen molar-refractivity contribution in [3.05, 3.63) is 24.3 Å². The fourth-order valence-electron chi connectivity index (χ4n) is 2.53. The number of hydrogen-bond donors (Lipinski definition) is 2. The first-order valence-corrected chi connectivity index (χ1v) is 6.44. The highest BCUT2D eigenvalue weighted by Crippen LogP contribution is 2.41. The predicted octanol–water partition coefficient (Wildman–Crippen LogP) is 2.34. The molecule has 2 aliphatic rings. The molecule has 17 heavy (non-hydrogen) atoms. The van der Waals surface area contributed by atoms with E-state index in [1.165, 1.54) is 12.8 Å². The van der Waals surface area contributed by atoms with E-state index in [0.717, 1.165) is 18.8 Å². The molecule has 1 unspecified atom stereocenters. The van der Waals surface area contributed by atoms with Gasteiger partial charge in [0.05, 0.1) is 5.92 Å². The summed E-state index contributed by atoms with van der Waals surface area (Å²) in [6, 6.07) is 0.113. The average molecular weight is 235 g/mol. The van der Waals surface area contributed by atoms with Crippen LogP contribution in [0.1, 0.15) is 32.6 Å². The molecule has 0 aromatic heterocycles. The highest BCUT2D eigenvalue weighted by Gasteiger charge is 2.36. The maximum absolute atomic E-state index is 10.9. The molecule has 1 atom stereocenters. The number of carbonyl (C=O) groups is 1. The van der Waals surface area contributed by atoms with Gasteiger partial charge in [0.25, 0.3) is 0 Å². The number of rotatable bonds is 5. The summed E-state index contributed by atoms with van der Waals surface area (Å²) in [5.41, 5.74) is 6.18. The summed E-state index contributed by atoms with van der Waals surface area (Å²) >= 11 is 0. The summed E-state index contributed by atoms with van der Waals surface area (Å²) in [6.45, 7) is 2.11. The first kappa shape index (κ1) is 12.4. The van der Waals surface area contributed by atoms with E-state index in [4.69, 9.17) is 10.8 Å². The smallest absolute Gasteiger partial charge is 0.314 e. The third-order valence-corrected chi connectivity index (χ3v) is 4.10. The quantitative estimate of drug-likeness (QED) is 0.719. The van der Waals surface area contributed by atoms with Gasteiger partial charge in [0.1, 0.15) is 0 Å². The Bertz CT molecular complexity index is 341. The Labute approximate surface area is 102 Å². The van der Waals surface area contributed by atoms with Crippen LogP contribution in [0.5, 0.6) is 0 Å². The molecule has 0 bridgehead atoms. The monoisotopic (exact) mass is 235 g/mol. The second-order valence-electron chi connectivity index (χ2n) is 5.33. The van der Waals surface area contributed by atoms with Crippen molar-refractivity contribution < 1.29 is 9.90 Å². The molecule has 2 rings (SSSR count). The van der Waals surface area contributed by atoms with Crippen LogP contribution in [-0.4, -0.2) is 17.1 Å². The highest BCUT2D eigenvalue weighted by atomic mass is 16.4. The van der Waals surface area contributed by atoms with Crippen molar-refractivity contribution in [3.8, 4) is 0 Å². The Hall–Kier alpha value is -1.09. The number of carboxylic acid groups (broad SMARTS) is 1. The molecule has 3 N–H and O–H groups in total. The summed E-state index contributed by atoms with van der Waals surface area (Å²) in [6.07, 6.45) is 12.2. The lowest BCUT2D eigenvalue weighted by atomic mass is 9.72. The lowest BCUT2D eigenvalue weighted by molar-refractivity contribution is -0.138. The lowest BCUT2D eigenvalue weighted by Crippen LogP contribution is -2.40. The van der Waals surface area contributed by atoms with Gasteiger partial charge in [-0.1, -0.05) is 44.1 Å². The third kappa shape index (κ3) is 2.60. The first-order valence-electron chi connectivity index (χ1n) is 6.44. The van der Waals surface area contributed by atoms with Gasteiger partial charge in [-0.05, 0) is 18.8 Å². The van der Waals surface area contributed by atoms with Gasteiger partial charge in [-0.25, -0.2) is 0 Å². The predicted molar refractivity (Wildman–Crippen MR) is 67.4 cm³/mol. The minimum absolute atomic E-state index is 0.113. The zero-order valence-electron chi connectivity index (χ0n) is 10.3. The fourth-order valence-corrected chi connectivity index (χ4v) is 2.53.